The minimum absolute atomic E-state index is 0.104. The van der Waals surface area contributed by atoms with Gasteiger partial charge in [0.2, 0.25) is 11.8 Å². The van der Waals surface area contributed by atoms with Crippen molar-refractivity contribution in [3.63, 3.8) is 0 Å². The van der Waals surface area contributed by atoms with Gasteiger partial charge in [0.1, 0.15) is 6.10 Å². The SMILES string of the molecule is CCOCCOC(C)C(=O)NCCCC(=O)Nc1ccc(Cl)cc1. The highest BCUT2D eigenvalue weighted by atomic mass is 35.5. The summed E-state index contributed by atoms with van der Waals surface area (Å²) < 4.78 is 10.5. The smallest absolute Gasteiger partial charge is 0.248 e. The molecule has 1 rings (SSSR count). The van der Waals surface area contributed by atoms with E-state index in [9.17, 15) is 9.59 Å². The van der Waals surface area contributed by atoms with Gasteiger partial charge in [-0.1, -0.05) is 11.6 Å². The normalized spacial score (nSPS) is 11.8. The summed E-state index contributed by atoms with van der Waals surface area (Å²) in [5, 5.41) is 6.14. The van der Waals surface area contributed by atoms with Crippen molar-refractivity contribution in [3.05, 3.63) is 29.3 Å². The van der Waals surface area contributed by atoms with Gasteiger partial charge in [-0.15, -0.1) is 0 Å². The predicted molar refractivity (Wildman–Crippen MR) is 94.2 cm³/mol. The monoisotopic (exact) mass is 356 g/mol. The van der Waals surface area contributed by atoms with Crippen LogP contribution in [0.2, 0.25) is 5.02 Å². The molecule has 2 N–H and O–H groups in total. The highest BCUT2D eigenvalue weighted by Crippen LogP contribution is 2.13. The van der Waals surface area contributed by atoms with Crippen molar-refractivity contribution in [2.75, 3.05) is 31.7 Å². The minimum Gasteiger partial charge on any atom is -0.379 e. The molecule has 0 bridgehead atoms. The van der Waals surface area contributed by atoms with Gasteiger partial charge >= 0.3 is 0 Å². The molecule has 0 heterocycles. The Morgan fingerprint density at radius 3 is 2.58 bits per heavy atom. The molecule has 0 spiro atoms. The van der Waals surface area contributed by atoms with Crippen molar-refractivity contribution in [1.29, 1.82) is 0 Å². The lowest BCUT2D eigenvalue weighted by atomic mass is 10.2. The molecule has 1 aromatic rings. The molecule has 0 fully saturated rings. The lowest BCUT2D eigenvalue weighted by molar-refractivity contribution is -0.132. The largest absolute Gasteiger partial charge is 0.379 e. The Bertz CT molecular complexity index is 508. The summed E-state index contributed by atoms with van der Waals surface area (Å²) in [6, 6.07) is 6.90. The molecule has 2 amide bonds. The second-order valence-electron chi connectivity index (χ2n) is 5.16. The number of carbonyl (C=O) groups excluding carboxylic acids is 2. The van der Waals surface area contributed by atoms with Gasteiger partial charge in [-0.05, 0) is 44.5 Å². The van der Waals surface area contributed by atoms with E-state index in [4.69, 9.17) is 21.1 Å². The fourth-order valence-electron chi connectivity index (χ4n) is 1.86. The molecule has 0 aliphatic carbocycles. The van der Waals surface area contributed by atoms with E-state index in [1.807, 2.05) is 6.92 Å². The molecule has 0 aliphatic heterocycles. The Morgan fingerprint density at radius 2 is 1.92 bits per heavy atom. The topological polar surface area (TPSA) is 76.7 Å². The molecule has 0 radical (unpaired) electrons. The second-order valence-corrected chi connectivity index (χ2v) is 5.60. The van der Waals surface area contributed by atoms with Gasteiger partial charge in [0.25, 0.3) is 0 Å². The number of ether oxygens (including phenoxy) is 2. The maximum atomic E-state index is 11.8. The first kappa shape index (κ1) is 20.4. The average molecular weight is 357 g/mol. The molecular weight excluding hydrogens is 332 g/mol. The predicted octanol–water partition coefficient (Wildman–Crippen LogP) is 2.62. The average Bonchev–Trinajstić information content (AvgIpc) is 2.57. The van der Waals surface area contributed by atoms with Crippen LogP contribution in [0.1, 0.15) is 26.7 Å². The van der Waals surface area contributed by atoms with E-state index in [2.05, 4.69) is 10.6 Å². The standard InChI is InChI=1S/C17H25ClN2O4/c1-3-23-11-12-24-13(2)17(22)19-10-4-5-16(21)20-15-8-6-14(18)7-9-15/h6-9,13H,3-5,10-12H2,1-2H3,(H,19,22)(H,20,21). The molecule has 0 aliphatic rings. The van der Waals surface area contributed by atoms with Crippen LogP contribution < -0.4 is 10.6 Å². The number of hydrogen-bond acceptors (Lipinski definition) is 4. The lowest BCUT2D eigenvalue weighted by Gasteiger charge is -2.13. The lowest BCUT2D eigenvalue weighted by Crippen LogP contribution is -2.36. The fraction of sp³-hybridized carbons (Fsp3) is 0.529. The summed E-state index contributed by atoms with van der Waals surface area (Å²) >= 11 is 5.78. The Hall–Kier alpha value is -1.63. The fourth-order valence-corrected chi connectivity index (χ4v) is 1.99. The number of halogens is 1. The van der Waals surface area contributed by atoms with Crippen molar-refractivity contribution < 1.29 is 19.1 Å². The summed E-state index contributed by atoms with van der Waals surface area (Å²) in [5.41, 5.74) is 0.699. The van der Waals surface area contributed by atoms with Crippen LogP contribution in [0.4, 0.5) is 5.69 Å². The van der Waals surface area contributed by atoms with Crippen LogP contribution in [0, 0.1) is 0 Å². The Kier molecular flexibility index (Phi) is 10.1. The first-order valence-electron chi connectivity index (χ1n) is 8.05. The van der Waals surface area contributed by atoms with Gasteiger partial charge in [-0.3, -0.25) is 9.59 Å². The number of amides is 2. The number of benzene rings is 1. The van der Waals surface area contributed by atoms with Gasteiger partial charge < -0.3 is 20.1 Å². The van der Waals surface area contributed by atoms with Gasteiger partial charge in [0.15, 0.2) is 0 Å². The number of carbonyl (C=O) groups is 2. The Labute approximate surface area is 147 Å². The molecule has 0 saturated heterocycles. The zero-order valence-electron chi connectivity index (χ0n) is 14.1. The highest BCUT2D eigenvalue weighted by Gasteiger charge is 2.12. The maximum absolute atomic E-state index is 11.8. The molecule has 1 aromatic carbocycles. The van der Waals surface area contributed by atoms with E-state index in [0.29, 0.717) is 49.9 Å². The van der Waals surface area contributed by atoms with Crippen LogP contribution >= 0.6 is 11.6 Å². The molecule has 0 saturated carbocycles. The maximum Gasteiger partial charge on any atom is 0.248 e. The molecule has 24 heavy (non-hydrogen) atoms. The van der Waals surface area contributed by atoms with E-state index in [0.717, 1.165) is 0 Å². The molecule has 134 valence electrons. The molecule has 0 aromatic heterocycles. The summed E-state index contributed by atoms with van der Waals surface area (Å²) in [6.07, 6.45) is 0.340. The third kappa shape index (κ3) is 8.86. The van der Waals surface area contributed by atoms with Crippen LogP contribution in [0.25, 0.3) is 0 Å². The van der Waals surface area contributed by atoms with Crippen LogP contribution in [0.15, 0.2) is 24.3 Å². The molecule has 1 unspecified atom stereocenters. The van der Waals surface area contributed by atoms with Crippen LogP contribution in [0.5, 0.6) is 0 Å². The van der Waals surface area contributed by atoms with E-state index >= 15 is 0 Å². The van der Waals surface area contributed by atoms with Gasteiger partial charge in [0, 0.05) is 30.3 Å². The second kappa shape index (κ2) is 11.8. The summed E-state index contributed by atoms with van der Waals surface area (Å²) in [6.45, 7) is 5.49. The number of hydrogen-bond donors (Lipinski definition) is 2. The van der Waals surface area contributed by atoms with E-state index in [1.165, 1.54) is 0 Å². The zero-order valence-corrected chi connectivity index (χ0v) is 14.9. The van der Waals surface area contributed by atoms with Crippen molar-refractivity contribution in [2.24, 2.45) is 0 Å². The quantitative estimate of drug-likeness (QED) is 0.597. The molecule has 7 heteroatoms. The minimum atomic E-state index is -0.534. The third-order valence-corrected chi connectivity index (χ3v) is 3.43. The molecule has 6 nitrogen and oxygen atoms in total. The van der Waals surface area contributed by atoms with Gasteiger partial charge in [-0.25, -0.2) is 0 Å². The van der Waals surface area contributed by atoms with Crippen LogP contribution in [-0.4, -0.2) is 44.3 Å². The summed E-state index contributed by atoms with van der Waals surface area (Å²) in [4.78, 5) is 23.6. The zero-order chi connectivity index (χ0) is 17.8. The number of anilines is 1. The van der Waals surface area contributed by atoms with Gasteiger partial charge in [-0.2, -0.15) is 0 Å². The first-order valence-corrected chi connectivity index (χ1v) is 8.43. The summed E-state index contributed by atoms with van der Waals surface area (Å²) in [5.74, 6) is -0.294. The summed E-state index contributed by atoms with van der Waals surface area (Å²) in [7, 11) is 0. The Morgan fingerprint density at radius 1 is 1.21 bits per heavy atom. The van der Waals surface area contributed by atoms with E-state index < -0.39 is 6.10 Å². The van der Waals surface area contributed by atoms with E-state index in [1.54, 1.807) is 31.2 Å². The third-order valence-electron chi connectivity index (χ3n) is 3.18. The van der Waals surface area contributed by atoms with Crippen molar-refractivity contribution in [3.8, 4) is 0 Å². The highest BCUT2D eigenvalue weighted by molar-refractivity contribution is 6.30. The van der Waals surface area contributed by atoms with E-state index in [-0.39, 0.29) is 11.8 Å². The van der Waals surface area contributed by atoms with Crippen molar-refractivity contribution in [1.82, 2.24) is 5.32 Å². The first-order chi connectivity index (χ1) is 11.5. The Balaban J connectivity index is 2.12. The molecule has 1 atom stereocenters. The van der Waals surface area contributed by atoms with Crippen LogP contribution in [0.3, 0.4) is 0 Å². The van der Waals surface area contributed by atoms with Crippen molar-refractivity contribution in [2.45, 2.75) is 32.8 Å². The number of rotatable bonds is 11. The van der Waals surface area contributed by atoms with Crippen LogP contribution in [-0.2, 0) is 19.1 Å². The van der Waals surface area contributed by atoms with Gasteiger partial charge in [0.05, 0.1) is 13.2 Å². The van der Waals surface area contributed by atoms with Crippen molar-refractivity contribution >= 4 is 29.1 Å². The molecular formula is C17H25ClN2O4. The number of nitrogens with one attached hydrogen (secondary N) is 2.